The Hall–Kier alpha value is -2.63. The molecule has 0 unspecified atom stereocenters. The minimum Gasteiger partial charge on any atom is -0.505 e. The number of unbranched alkanes of at least 4 members (excludes halogenated alkanes) is 5. The normalized spacial score (nSPS) is 10.8. The number of rotatable bonds is 10. The molecule has 0 saturated heterocycles. The third-order valence-corrected chi connectivity index (χ3v) is 4.29. The zero-order valence-corrected chi connectivity index (χ0v) is 15.1. The van der Waals surface area contributed by atoms with E-state index >= 15 is 0 Å². The van der Waals surface area contributed by atoms with Crippen LogP contribution in [-0.4, -0.2) is 33.6 Å². The maximum atomic E-state index is 11.9. The molecule has 3 N–H and O–H groups in total. The highest BCUT2D eigenvalue weighted by molar-refractivity contribution is 5.99. The van der Waals surface area contributed by atoms with Crippen molar-refractivity contribution in [1.29, 1.82) is 0 Å². The first kappa shape index (κ1) is 19.7. The second-order valence-corrected chi connectivity index (χ2v) is 6.48. The molecule has 6 nitrogen and oxygen atoms in total. The van der Waals surface area contributed by atoms with Gasteiger partial charge >= 0.3 is 5.97 Å². The molecule has 1 amide bonds. The van der Waals surface area contributed by atoms with Gasteiger partial charge in [-0.25, -0.2) is 4.98 Å². The third kappa shape index (κ3) is 5.72. The van der Waals surface area contributed by atoms with Crippen molar-refractivity contribution in [3.8, 4) is 5.75 Å². The van der Waals surface area contributed by atoms with E-state index in [2.05, 4.69) is 17.2 Å². The number of hydrogen-bond donors (Lipinski definition) is 3. The smallest absolute Gasteiger partial charge is 0.322 e. The number of fused-ring (bicyclic) bond motifs is 1. The maximum absolute atomic E-state index is 11.9. The van der Waals surface area contributed by atoms with Crippen molar-refractivity contribution in [3.05, 3.63) is 35.5 Å². The maximum Gasteiger partial charge on any atom is 0.322 e. The summed E-state index contributed by atoms with van der Waals surface area (Å²) in [5.41, 5.74) is 1.61. The average molecular weight is 358 g/mol. The summed E-state index contributed by atoms with van der Waals surface area (Å²) in [6, 6.07) is 7.29. The topological polar surface area (TPSA) is 99.5 Å². The van der Waals surface area contributed by atoms with Crippen molar-refractivity contribution >= 4 is 22.8 Å². The Kier molecular flexibility index (Phi) is 7.38. The summed E-state index contributed by atoms with van der Waals surface area (Å²) in [7, 11) is 0. The van der Waals surface area contributed by atoms with Gasteiger partial charge in [0.25, 0.3) is 5.91 Å². The second kappa shape index (κ2) is 9.75. The van der Waals surface area contributed by atoms with E-state index in [1.807, 2.05) is 18.2 Å². The van der Waals surface area contributed by atoms with E-state index in [1.165, 1.54) is 43.7 Å². The minimum absolute atomic E-state index is 0.164. The van der Waals surface area contributed by atoms with Crippen LogP contribution in [0.15, 0.2) is 24.3 Å². The summed E-state index contributed by atoms with van der Waals surface area (Å²) in [6.45, 7) is 1.69. The van der Waals surface area contributed by atoms with Crippen LogP contribution in [0, 0.1) is 0 Å². The predicted octanol–water partition coefficient (Wildman–Crippen LogP) is 3.66. The lowest BCUT2D eigenvalue weighted by atomic mass is 10.0. The molecule has 140 valence electrons. The van der Waals surface area contributed by atoms with E-state index < -0.39 is 18.4 Å². The molecule has 1 aromatic heterocycles. The zero-order valence-electron chi connectivity index (χ0n) is 15.1. The molecule has 0 atom stereocenters. The predicted molar refractivity (Wildman–Crippen MR) is 100 cm³/mol. The number of carboxylic acids is 1. The van der Waals surface area contributed by atoms with Gasteiger partial charge in [0.2, 0.25) is 0 Å². The number of carbonyl (C=O) groups is 2. The van der Waals surface area contributed by atoms with E-state index in [0.717, 1.165) is 18.2 Å². The van der Waals surface area contributed by atoms with Gasteiger partial charge in [0, 0.05) is 5.39 Å². The number of carboxylic acid groups (broad SMARTS) is 1. The lowest BCUT2D eigenvalue weighted by Crippen LogP contribution is -2.29. The quantitative estimate of drug-likeness (QED) is 0.563. The average Bonchev–Trinajstić information content (AvgIpc) is 2.61. The number of aromatic hydroxyl groups is 1. The number of aryl methyl sites for hydroxylation is 1. The summed E-state index contributed by atoms with van der Waals surface area (Å²) in [6.07, 6.45) is 8.41. The molecule has 0 saturated carbocycles. The Morgan fingerprint density at radius 1 is 1.08 bits per heavy atom. The molecule has 0 spiro atoms. The Morgan fingerprint density at radius 3 is 2.54 bits per heavy atom. The van der Waals surface area contributed by atoms with Crippen LogP contribution in [0.3, 0.4) is 0 Å². The molecule has 1 heterocycles. The minimum atomic E-state index is -1.15. The molecule has 0 radical (unpaired) electrons. The molecule has 0 bridgehead atoms. The molecular weight excluding hydrogens is 332 g/mol. The van der Waals surface area contributed by atoms with Gasteiger partial charge in [0.15, 0.2) is 5.69 Å². The van der Waals surface area contributed by atoms with Gasteiger partial charge in [-0.2, -0.15) is 0 Å². The van der Waals surface area contributed by atoms with Gasteiger partial charge in [-0.1, -0.05) is 45.1 Å². The zero-order chi connectivity index (χ0) is 18.9. The largest absolute Gasteiger partial charge is 0.505 e. The monoisotopic (exact) mass is 358 g/mol. The number of nitrogens with one attached hydrogen (secondary N) is 1. The Bertz CT molecular complexity index is 774. The molecule has 0 aliphatic rings. The standard InChI is InChI=1S/C20H26N2O4/c1-2-3-4-5-6-7-8-14-9-10-16-15(11-14)12-17(23)19(22-16)20(26)21-13-18(24)25/h9-12,23H,2-8,13H2,1H3,(H,21,26)(H,24,25). The number of aromatic nitrogens is 1. The van der Waals surface area contributed by atoms with Crippen LogP contribution >= 0.6 is 0 Å². The second-order valence-electron chi connectivity index (χ2n) is 6.48. The van der Waals surface area contributed by atoms with E-state index in [1.54, 1.807) is 0 Å². The number of aliphatic carboxylic acids is 1. The first-order chi connectivity index (χ1) is 12.5. The molecule has 6 heteroatoms. The summed E-state index contributed by atoms with van der Waals surface area (Å²) in [5.74, 6) is -2.11. The van der Waals surface area contributed by atoms with E-state index in [4.69, 9.17) is 5.11 Å². The summed E-state index contributed by atoms with van der Waals surface area (Å²) in [4.78, 5) is 26.6. The lowest BCUT2D eigenvalue weighted by Gasteiger charge is -2.08. The molecule has 2 aromatic rings. The van der Waals surface area contributed by atoms with Crippen molar-refractivity contribution in [1.82, 2.24) is 10.3 Å². The van der Waals surface area contributed by atoms with Crippen LogP contribution in [0.25, 0.3) is 10.9 Å². The van der Waals surface area contributed by atoms with Crippen LogP contribution in [-0.2, 0) is 11.2 Å². The number of benzene rings is 1. The number of carbonyl (C=O) groups excluding carboxylic acids is 1. The van der Waals surface area contributed by atoms with Crippen LogP contribution in [0.2, 0.25) is 0 Å². The van der Waals surface area contributed by atoms with Gasteiger partial charge in [0.1, 0.15) is 12.3 Å². The van der Waals surface area contributed by atoms with E-state index in [-0.39, 0.29) is 11.4 Å². The summed E-state index contributed by atoms with van der Waals surface area (Å²) in [5, 5.41) is 21.6. The van der Waals surface area contributed by atoms with Crippen LogP contribution in [0.1, 0.15) is 61.5 Å². The van der Waals surface area contributed by atoms with Gasteiger partial charge in [0.05, 0.1) is 5.52 Å². The van der Waals surface area contributed by atoms with Gasteiger partial charge in [-0.15, -0.1) is 0 Å². The van der Waals surface area contributed by atoms with Crippen molar-refractivity contribution in [3.63, 3.8) is 0 Å². The molecule has 0 aliphatic heterocycles. The fourth-order valence-corrected chi connectivity index (χ4v) is 2.89. The molecule has 0 fully saturated rings. The third-order valence-electron chi connectivity index (χ3n) is 4.29. The van der Waals surface area contributed by atoms with E-state index in [0.29, 0.717) is 5.52 Å². The fraction of sp³-hybridized carbons (Fsp3) is 0.450. The molecule has 0 aliphatic carbocycles. The summed E-state index contributed by atoms with van der Waals surface area (Å²) < 4.78 is 0. The van der Waals surface area contributed by atoms with Crippen molar-refractivity contribution in [2.75, 3.05) is 6.54 Å². The highest BCUT2D eigenvalue weighted by Gasteiger charge is 2.15. The SMILES string of the molecule is CCCCCCCCc1ccc2nc(C(=O)NCC(=O)O)c(O)cc2c1. The number of nitrogens with zero attached hydrogens (tertiary/aromatic N) is 1. The number of hydrogen-bond acceptors (Lipinski definition) is 4. The highest BCUT2D eigenvalue weighted by Crippen LogP contribution is 2.23. The van der Waals surface area contributed by atoms with Gasteiger partial charge < -0.3 is 15.5 Å². The first-order valence-corrected chi connectivity index (χ1v) is 9.14. The molecule has 26 heavy (non-hydrogen) atoms. The lowest BCUT2D eigenvalue weighted by molar-refractivity contribution is -0.135. The van der Waals surface area contributed by atoms with E-state index in [9.17, 15) is 14.7 Å². The van der Waals surface area contributed by atoms with Crippen LogP contribution in [0.4, 0.5) is 0 Å². The molecule has 2 rings (SSSR count). The number of pyridine rings is 1. The van der Waals surface area contributed by atoms with Gasteiger partial charge in [-0.3, -0.25) is 9.59 Å². The first-order valence-electron chi connectivity index (χ1n) is 9.14. The van der Waals surface area contributed by atoms with Gasteiger partial charge in [-0.05, 0) is 36.6 Å². The Morgan fingerprint density at radius 2 is 1.81 bits per heavy atom. The Balaban J connectivity index is 2.02. The Labute approximate surface area is 153 Å². The van der Waals surface area contributed by atoms with Crippen molar-refractivity contribution < 1.29 is 19.8 Å². The number of amides is 1. The molecular formula is C20H26N2O4. The highest BCUT2D eigenvalue weighted by atomic mass is 16.4. The van der Waals surface area contributed by atoms with Crippen molar-refractivity contribution in [2.24, 2.45) is 0 Å². The van der Waals surface area contributed by atoms with Crippen molar-refractivity contribution in [2.45, 2.75) is 51.9 Å². The molecule has 1 aromatic carbocycles. The fourth-order valence-electron chi connectivity index (χ4n) is 2.89. The summed E-state index contributed by atoms with van der Waals surface area (Å²) >= 11 is 0. The van der Waals surface area contributed by atoms with Crippen LogP contribution < -0.4 is 5.32 Å². The van der Waals surface area contributed by atoms with Crippen LogP contribution in [0.5, 0.6) is 5.75 Å².